The van der Waals surface area contributed by atoms with Crippen molar-refractivity contribution in [3.8, 4) is 16.3 Å². The monoisotopic (exact) mass is 396 g/mol. The maximum absolute atomic E-state index is 13.1. The summed E-state index contributed by atoms with van der Waals surface area (Å²) in [6, 6.07) is 14.6. The lowest BCUT2D eigenvalue weighted by Crippen LogP contribution is -2.01. The fourth-order valence-electron chi connectivity index (χ4n) is 2.76. The number of thiazole rings is 1. The van der Waals surface area contributed by atoms with Crippen molar-refractivity contribution < 1.29 is 4.39 Å². The molecule has 136 valence electrons. The van der Waals surface area contributed by atoms with Crippen LogP contribution in [0.15, 0.2) is 59.1 Å². The van der Waals surface area contributed by atoms with Crippen LogP contribution in [0.5, 0.6) is 0 Å². The Morgan fingerprint density at radius 3 is 2.59 bits per heavy atom. The van der Waals surface area contributed by atoms with Crippen LogP contribution in [-0.2, 0) is 5.75 Å². The summed E-state index contributed by atoms with van der Waals surface area (Å²) >= 11 is 3.17. The zero-order valence-electron chi connectivity index (χ0n) is 14.9. The van der Waals surface area contributed by atoms with Crippen molar-refractivity contribution in [3.05, 3.63) is 76.8 Å². The standard InChI is InChI=1S/C20H17FN4S2/c1-13-5-3-4-6-18(13)25-14(2)23-24-20(25)27-12-17-11-26-19(22-17)15-7-9-16(21)10-8-15/h3-11H,12H2,1-2H3. The molecule has 7 heteroatoms. The molecule has 0 saturated carbocycles. The molecule has 2 aromatic carbocycles. The van der Waals surface area contributed by atoms with Gasteiger partial charge in [-0.2, -0.15) is 0 Å². The number of hydrogen-bond donors (Lipinski definition) is 0. The molecule has 0 N–H and O–H groups in total. The highest BCUT2D eigenvalue weighted by Crippen LogP contribution is 2.29. The predicted octanol–water partition coefficient (Wildman–Crippen LogP) is 5.44. The zero-order valence-corrected chi connectivity index (χ0v) is 16.5. The molecule has 0 spiro atoms. The molecule has 0 atom stereocenters. The quantitative estimate of drug-likeness (QED) is 0.421. The minimum Gasteiger partial charge on any atom is -0.274 e. The second kappa shape index (κ2) is 7.62. The Balaban J connectivity index is 1.54. The van der Waals surface area contributed by atoms with Gasteiger partial charge in [0.1, 0.15) is 16.6 Å². The number of thioether (sulfide) groups is 1. The molecule has 0 radical (unpaired) electrons. The number of rotatable bonds is 5. The Labute approximate surface area is 165 Å². The van der Waals surface area contributed by atoms with E-state index in [-0.39, 0.29) is 5.82 Å². The van der Waals surface area contributed by atoms with Gasteiger partial charge in [-0.3, -0.25) is 4.57 Å². The molecule has 4 aromatic rings. The Morgan fingerprint density at radius 1 is 1.04 bits per heavy atom. The minimum absolute atomic E-state index is 0.239. The molecule has 0 unspecified atom stereocenters. The summed E-state index contributed by atoms with van der Waals surface area (Å²) in [6.45, 7) is 4.04. The summed E-state index contributed by atoms with van der Waals surface area (Å²) in [5, 5.41) is 12.4. The van der Waals surface area contributed by atoms with E-state index in [0.29, 0.717) is 5.75 Å². The van der Waals surface area contributed by atoms with Crippen molar-refractivity contribution in [2.24, 2.45) is 0 Å². The van der Waals surface area contributed by atoms with Gasteiger partial charge in [-0.1, -0.05) is 30.0 Å². The molecule has 0 amide bonds. The Morgan fingerprint density at radius 2 is 1.81 bits per heavy atom. The molecule has 4 rings (SSSR count). The molecular formula is C20H17FN4S2. The van der Waals surface area contributed by atoms with Gasteiger partial charge in [-0.25, -0.2) is 9.37 Å². The van der Waals surface area contributed by atoms with Crippen molar-refractivity contribution in [2.75, 3.05) is 0 Å². The van der Waals surface area contributed by atoms with Crippen molar-refractivity contribution in [1.29, 1.82) is 0 Å². The lowest BCUT2D eigenvalue weighted by molar-refractivity contribution is 0.628. The Hall–Kier alpha value is -2.51. The lowest BCUT2D eigenvalue weighted by atomic mass is 10.2. The average molecular weight is 397 g/mol. The molecule has 0 bridgehead atoms. The maximum Gasteiger partial charge on any atom is 0.196 e. The summed E-state index contributed by atoms with van der Waals surface area (Å²) in [5.74, 6) is 1.32. The van der Waals surface area contributed by atoms with Gasteiger partial charge < -0.3 is 0 Å². The van der Waals surface area contributed by atoms with Gasteiger partial charge in [-0.05, 0) is 49.7 Å². The number of nitrogens with zero attached hydrogens (tertiary/aromatic N) is 4. The minimum atomic E-state index is -0.239. The number of benzene rings is 2. The number of halogens is 1. The molecule has 2 heterocycles. The van der Waals surface area contributed by atoms with Gasteiger partial charge in [0.05, 0.1) is 11.4 Å². The van der Waals surface area contributed by atoms with E-state index in [2.05, 4.69) is 38.8 Å². The van der Waals surface area contributed by atoms with Gasteiger partial charge in [0.25, 0.3) is 0 Å². The van der Waals surface area contributed by atoms with Crippen LogP contribution in [0.4, 0.5) is 4.39 Å². The molecule has 0 fully saturated rings. The van der Waals surface area contributed by atoms with Crippen LogP contribution in [0.3, 0.4) is 0 Å². The Kier molecular flexibility index (Phi) is 5.05. The highest BCUT2D eigenvalue weighted by Gasteiger charge is 2.14. The van der Waals surface area contributed by atoms with Crippen LogP contribution in [0, 0.1) is 19.7 Å². The van der Waals surface area contributed by atoms with Crippen LogP contribution < -0.4 is 0 Å². The first-order chi connectivity index (χ1) is 13.1. The smallest absolute Gasteiger partial charge is 0.196 e. The molecule has 27 heavy (non-hydrogen) atoms. The van der Waals surface area contributed by atoms with E-state index >= 15 is 0 Å². The molecule has 0 aliphatic carbocycles. The fraction of sp³-hybridized carbons (Fsp3) is 0.150. The number of aryl methyl sites for hydroxylation is 2. The summed E-state index contributed by atoms with van der Waals surface area (Å²) < 4.78 is 15.2. The third-order valence-corrected chi connectivity index (χ3v) is 6.05. The number of para-hydroxylation sites is 1. The van der Waals surface area contributed by atoms with E-state index in [9.17, 15) is 4.39 Å². The summed E-state index contributed by atoms with van der Waals surface area (Å²) in [7, 11) is 0. The van der Waals surface area contributed by atoms with Crippen molar-refractivity contribution in [1.82, 2.24) is 19.7 Å². The molecule has 4 nitrogen and oxygen atoms in total. The van der Waals surface area contributed by atoms with Crippen LogP contribution in [0.25, 0.3) is 16.3 Å². The van der Waals surface area contributed by atoms with Gasteiger partial charge in [0.15, 0.2) is 5.16 Å². The van der Waals surface area contributed by atoms with E-state index in [1.54, 1.807) is 35.2 Å². The predicted molar refractivity (Wildman–Crippen MR) is 108 cm³/mol. The van der Waals surface area contributed by atoms with E-state index in [1.165, 1.54) is 17.7 Å². The SMILES string of the molecule is Cc1ccccc1-n1c(C)nnc1SCc1csc(-c2ccc(F)cc2)n1. The fourth-order valence-corrected chi connectivity index (χ4v) is 4.58. The lowest BCUT2D eigenvalue weighted by Gasteiger charge is -2.10. The van der Waals surface area contributed by atoms with Crippen molar-refractivity contribution in [2.45, 2.75) is 24.8 Å². The molecule has 0 aliphatic heterocycles. The second-order valence-electron chi connectivity index (χ2n) is 6.09. The van der Waals surface area contributed by atoms with Gasteiger partial charge in [-0.15, -0.1) is 21.5 Å². The normalized spacial score (nSPS) is 11.1. The number of hydrogen-bond acceptors (Lipinski definition) is 5. The summed E-state index contributed by atoms with van der Waals surface area (Å²) in [5.41, 5.74) is 4.17. The number of aromatic nitrogens is 4. The molecule has 0 saturated heterocycles. The highest BCUT2D eigenvalue weighted by molar-refractivity contribution is 7.98. The first-order valence-corrected chi connectivity index (χ1v) is 10.3. The first-order valence-electron chi connectivity index (χ1n) is 8.43. The van der Waals surface area contributed by atoms with Gasteiger partial charge in [0, 0.05) is 16.7 Å². The van der Waals surface area contributed by atoms with Crippen LogP contribution in [-0.4, -0.2) is 19.7 Å². The third kappa shape index (κ3) is 3.79. The highest BCUT2D eigenvalue weighted by atomic mass is 32.2. The molecule has 2 aromatic heterocycles. The zero-order chi connectivity index (χ0) is 18.8. The van der Waals surface area contributed by atoms with E-state index in [1.807, 2.05) is 24.4 Å². The van der Waals surface area contributed by atoms with E-state index < -0.39 is 0 Å². The van der Waals surface area contributed by atoms with E-state index in [0.717, 1.165) is 32.9 Å². The third-order valence-electron chi connectivity index (χ3n) is 4.14. The maximum atomic E-state index is 13.1. The topological polar surface area (TPSA) is 43.6 Å². The van der Waals surface area contributed by atoms with Gasteiger partial charge >= 0.3 is 0 Å². The summed E-state index contributed by atoms with van der Waals surface area (Å²) in [6.07, 6.45) is 0. The molecule has 0 aliphatic rings. The summed E-state index contributed by atoms with van der Waals surface area (Å²) in [4.78, 5) is 4.67. The van der Waals surface area contributed by atoms with Crippen LogP contribution in [0.2, 0.25) is 0 Å². The van der Waals surface area contributed by atoms with Crippen LogP contribution >= 0.6 is 23.1 Å². The first kappa shape index (κ1) is 17.9. The average Bonchev–Trinajstić information content (AvgIpc) is 3.28. The van der Waals surface area contributed by atoms with Gasteiger partial charge in [0.2, 0.25) is 0 Å². The van der Waals surface area contributed by atoms with Crippen LogP contribution in [0.1, 0.15) is 17.1 Å². The van der Waals surface area contributed by atoms with Crippen molar-refractivity contribution >= 4 is 23.1 Å². The Bertz CT molecular complexity index is 1070. The van der Waals surface area contributed by atoms with E-state index in [4.69, 9.17) is 0 Å². The van der Waals surface area contributed by atoms with Crippen molar-refractivity contribution in [3.63, 3.8) is 0 Å². The molecular weight excluding hydrogens is 379 g/mol. The second-order valence-corrected chi connectivity index (χ2v) is 7.89. The largest absolute Gasteiger partial charge is 0.274 e.